The molecule has 0 nitrogen and oxygen atoms in total. The van der Waals surface area contributed by atoms with Crippen LogP contribution in [-0.2, 0) is 0 Å². The normalized spacial score (nSPS) is 11.1. The van der Waals surface area contributed by atoms with Crippen molar-refractivity contribution in [2.45, 2.75) is 0 Å². The topological polar surface area (TPSA) is 0 Å². The molecule has 0 heterocycles. The third-order valence-corrected chi connectivity index (χ3v) is 4.20. The maximum atomic E-state index is 6.39. The maximum Gasteiger partial charge on any atom is 0.0485 e. The molecule has 0 unspecified atom stereocenters. The largest absolute Gasteiger partial charge is 0.0837 e. The van der Waals surface area contributed by atoms with Gasteiger partial charge in [0, 0.05) is 10.6 Å². The fourth-order valence-corrected chi connectivity index (χ4v) is 3.11. The van der Waals surface area contributed by atoms with Gasteiger partial charge in [-0.3, -0.25) is 0 Å². The Morgan fingerprint density at radius 2 is 1.43 bits per heavy atom. The van der Waals surface area contributed by atoms with E-state index in [0.29, 0.717) is 0 Å². The second-order valence-electron chi connectivity index (χ2n) is 5.10. The van der Waals surface area contributed by atoms with E-state index in [1.165, 1.54) is 21.5 Å². The molecule has 0 saturated heterocycles. The number of rotatable bonds is 1. The number of halogens is 1. The number of fused-ring (bicyclic) bond motifs is 3. The first-order valence-corrected chi connectivity index (χ1v) is 7.29. The van der Waals surface area contributed by atoms with Gasteiger partial charge < -0.3 is 0 Å². The molecular weight excluding hydrogens is 276 g/mol. The van der Waals surface area contributed by atoms with Crippen LogP contribution in [0.2, 0.25) is 5.02 Å². The fourth-order valence-electron chi connectivity index (χ4n) is 2.89. The molecule has 0 aliphatic carbocycles. The van der Waals surface area contributed by atoms with Crippen LogP contribution < -0.4 is 0 Å². The Morgan fingerprint density at radius 3 is 2.24 bits per heavy atom. The minimum Gasteiger partial charge on any atom is -0.0837 e. The van der Waals surface area contributed by atoms with Crippen LogP contribution in [0.3, 0.4) is 0 Å². The van der Waals surface area contributed by atoms with Crippen LogP contribution in [-0.4, -0.2) is 0 Å². The quantitative estimate of drug-likeness (QED) is 0.370. The maximum absolute atomic E-state index is 6.39. The standard InChI is InChI=1S/C20H12Cl/c21-20-12-6-5-11-18(20)19-13-14-7-1-2-8-15(14)16-9-3-4-10-17(16)19/h1-4,6-13H. The van der Waals surface area contributed by atoms with E-state index in [0.717, 1.165) is 16.1 Å². The highest BCUT2D eigenvalue weighted by Crippen LogP contribution is 2.37. The highest BCUT2D eigenvalue weighted by atomic mass is 35.5. The lowest BCUT2D eigenvalue weighted by Crippen LogP contribution is -1.85. The average Bonchev–Trinajstić information content (AvgIpc) is 2.55. The van der Waals surface area contributed by atoms with Gasteiger partial charge in [0.05, 0.1) is 0 Å². The molecule has 4 aromatic carbocycles. The van der Waals surface area contributed by atoms with E-state index in [9.17, 15) is 0 Å². The van der Waals surface area contributed by atoms with E-state index < -0.39 is 0 Å². The Bertz CT molecular complexity index is 954. The molecule has 0 N–H and O–H groups in total. The first-order chi connectivity index (χ1) is 10.3. The Morgan fingerprint density at radius 1 is 0.714 bits per heavy atom. The van der Waals surface area contributed by atoms with Crippen molar-refractivity contribution in [2.24, 2.45) is 0 Å². The van der Waals surface area contributed by atoms with Gasteiger partial charge in [-0.2, -0.15) is 0 Å². The number of hydrogen-bond acceptors (Lipinski definition) is 0. The highest BCUT2D eigenvalue weighted by Gasteiger charge is 2.10. The van der Waals surface area contributed by atoms with E-state index in [1.807, 2.05) is 18.2 Å². The summed E-state index contributed by atoms with van der Waals surface area (Å²) in [5.74, 6) is 0. The molecule has 0 aliphatic rings. The first-order valence-electron chi connectivity index (χ1n) is 6.91. The molecule has 99 valence electrons. The molecule has 0 spiro atoms. The molecular formula is C20H12Cl. The van der Waals surface area contributed by atoms with E-state index in [1.54, 1.807) is 0 Å². The lowest BCUT2D eigenvalue weighted by Gasteiger charge is -2.11. The van der Waals surface area contributed by atoms with Gasteiger partial charge in [-0.15, -0.1) is 0 Å². The van der Waals surface area contributed by atoms with Gasteiger partial charge in [0.25, 0.3) is 0 Å². The smallest absolute Gasteiger partial charge is 0.0485 e. The molecule has 4 aromatic rings. The SMILES string of the molecule is Clc1cc[c]cc1-c1cc2ccccc2c2ccccc12. The van der Waals surface area contributed by atoms with Crippen LogP contribution in [0.25, 0.3) is 32.7 Å². The van der Waals surface area contributed by atoms with E-state index in [-0.39, 0.29) is 0 Å². The van der Waals surface area contributed by atoms with Gasteiger partial charge in [-0.05, 0) is 51.4 Å². The van der Waals surface area contributed by atoms with E-state index in [2.05, 4.69) is 60.7 Å². The Balaban J connectivity index is 2.20. The summed E-state index contributed by atoms with van der Waals surface area (Å²) in [6.07, 6.45) is 0. The van der Waals surface area contributed by atoms with Gasteiger partial charge in [0.15, 0.2) is 0 Å². The van der Waals surface area contributed by atoms with Gasteiger partial charge in [0.2, 0.25) is 0 Å². The van der Waals surface area contributed by atoms with E-state index in [4.69, 9.17) is 11.6 Å². The van der Waals surface area contributed by atoms with Crippen LogP contribution in [0.4, 0.5) is 0 Å². The molecule has 0 fully saturated rings. The van der Waals surface area contributed by atoms with Gasteiger partial charge in [-0.1, -0.05) is 66.2 Å². The zero-order valence-electron chi connectivity index (χ0n) is 11.3. The van der Waals surface area contributed by atoms with Crippen LogP contribution in [0.5, 0.6) is 0 Å². The molecule has 1 heteroatoms. The van der Waals surface area contributed by atoms with Crippen molar-refractivity contribution in [3.05, 3.63) is 83.9 Å². The van der Waals surface area contributed by atoms with E-state index >= 15 is 0 Å². The molecule has 0 aliphatic heterocycles. The molecule has 0 atom stereocenters. The summed E-state index contributed by atoms with van der Waals surface area (Å²) in [6, 6.07) is 28.0. The van der Waals surface area contributed by atoms with Gasteiger partial charge in [-0.25, -0.2) is 0 Å². The van der Waals surface area contributed by atoms with Crippen molar-refractivity contribution in [1.82, 2.24) is 0 Å². The summed E-state index contributed by atoms with van der Waals surface area (Å²) < 4.78 is 0. The summed E-state index contributed by atoms with van der Waals surface area (Å²) in [4.78, 5) is 0. The summed E-state index contributed by atoms with van der Waals surface area (Å²) >= 11 is 6.39. The molecule has 0 saturated carbocycles. The summed E-state index contributed by atoms with van der Waals surface area (Å²) in [6.45, 7) is 0. The van der Waals surface area contributed by atoms with Gasteiger partial charge in [0.1, 0.15) is 0 Å². The summed E-state index contributed by atoms with van der Waals surface area (Å²) in [7, 11) is 0. The van der Waals surface area contributed by atoms with Crippen molar-refractivity contribution in [2.75, 3.05) is 0 Å². The molecule has 0 amide bonds. The van der Waals surface area contributed by atoms with Crippen LogP contribution in [0.15, 0.2) is 72.8 Å². The zero-order valence-corrected chi connectivity index (χ0v) is 12.1. The monoisotopic (exact) mass is 287 g/mol. The Kier molecular flexibility index (Phi) is 2.90. The second-order valence-corrected chi connectivity index (χ2v) is 5.50. The van der Waals surface area contributed by atoms with Gasteiger partial charge >= 0.3 is 0 Å². The van der Waals surface area contributed by atoms with Crippen LogP contribution >= 0.6 is 11.6 Å². The highest BCUT2D eigenvalue weighted by molar-refractivity contribution is 6.34. The van der Waals surface area contributed by atoms with Crippen molar-refractivity contribution in [1.29, 1.82) is 0 Å². The minimum atomic E-state index is 0.759. The number of benzene rings is 4. The van der Waals surface area contributed by atoms with Crippen LogP contribution in [0.1, 0.15) is 0 Å². The van der Waals surface area contributed by atoms with Crippen molar-refractivity contribution < 1.29 is 0 Å². The molecule has 4 rings (SSSR count). The fraction of sp³-hybridized carbons (Fsp3) is 0. The summed E-state index contributed by atoms with van der Waals surface area (Å²) in [5, 5.41) is 5.73. The minimum absolute atomic E-state index is 0.759. The lowest BCUT2D eigenvalue weighted by atomic mass is 9.93. The predicted octanol–water partition coefficient (Wildman–Crippen LogP) is 6.11. The number of hydrogen-bond donors (Lipinski definition) is 0. The summed E-state index contributed by atoms with van der Waals surface area (Å²) in [5.41, 5.74) is 2.19. The lowest BCUT2D eigenvalue weighted by molar-refractivity contribution is 1.65. The second kappa shape index (κ2) is 4.91. The van der Waals surface area contributed by atoms with Crippen molar-refractivity contribution >= 4 is 33.1 Å². The average molecular weight is 288 g/mol. The zero-order chi connectivity index (χ0) is 14.2. The van der Waals surface area contributed by atoms with Crippen molar-refractivity contribution in [3.63, 3.8) is 0 Å². The molecule has 0 bridgehead atoms. The third kappa shape index (κ3) is 2.00. The van der Waals surface area contributed by atoms with Crippen molar-refractivity contribution in [3.8, 4) is 11.1 Å². The molecule has 1 radical (unpaired) electrons. The third-order valence-electron chi connectivity index (χ3n) is 3.87. The first kappa shape index (κ1) is 12.4. The molecule has 21 heavy (non-hydrogen) atoms. The Labute approximate surface area is 128 Å². The van der Waals surface area contributed by atoms with Crippen LogP contribution in [0, 0.1) is 6.07 Å². The predicted molar refractivity (Wildman–Crippen MR) is 90.7 cm³/mol. The molecule has 0 aromatic heterocycles. The Hall–Kier alpha value is -2.31.